The molecule has 0 saturated carbocycles. The Morgan fingerprint density at radius 1 is 0.420 bits per heavy atom. The topological polar surface area (TPSA) is 492 Å². The molecule has 33 nitrogen and oxygen atoms in total. The van der Waals surface area contributed by atoms with Crippen molar-refractivity contribution < 1.29 is 115 Å². The van der Waals surface area contributed by atoms with Gasteiger partial charge in [-0.3, -0.25) is 4.79 Å². The maximum Gasteiger partial charge on any atom is 0.394 e. The lowest BCUT2D eigenvalue weighted by Gasteiger charge is -2.24. The number of rotatable bonds is 38. The third-order valence-corrected chi connectivity index (χ3v) is 29.7. The van der Waals surface area contributed by atoms with Crippen molar-refractivity contribution >= 4 is 113 Å². The van der Waals surface area contributed by atoms with Crippen LogP contribution in [0.3, 0.4) is 0 Å². The molecule has 138 heavy (non-hydrogen) atoms. The van der Waals surface area contributed by atoms with E-state index < -0.39 is 93.1 Å². The first-order chi connectivity index (χ1) is 65.7. The van der Waals surface area contributed by atoms with Crippen molar-refractivity contribution in [2.24, 2.45) is 0 Å². The Balaban J connectivity index is 0.000000206. The Bertz CT molecular complexity index is 7100. The fourth-order valence-corrected chi connectivity index (χ4v) is 20.9. The largest absolute Gasteiger partial charge is 0.497 e. The van der Waals surface area contributed by atoms with E-state index in [0.29, 0.717) is 77.0 Å². The summed E-state index contributed by atoms with van der Waals surface area (Å²) in [6.45, 7) is -0.894. The summed E-state index contributed by atoms with van der Waals surface area (Å²) in [6.07, 6.45) is 2.55. The van der Waals surface area contributed by atoms with Crippen molar-refractivity contribution in [3.63, 3.8) is 0 Å². The number of hydrogen-bond acceptors (Lipinski definition) is 25. The van der Waals surface area contributed by atoms with Gasteiger partial charge >= 0.3 is 23.8 Å². The SMILES string of the molecule is COc1ccc(OC)c(S(=O)(=O)N(Cc2ccc(C(O)CO)cc2)Cc2ccc(S(C)(=O)=O)cc2)c1.COc1ccccc1S(=O)(=O)N(Cc1ccc(C#N)cc1)Cc1ccc(/C=C/C(=O)O)c(Br)c1.COc1ccccc1S(=O)(=O)N(Cc1ccc(C#N)cc1)Cc1ccc(NC(=O)C(=O)O)cc1.COc1ccccc1S(=O)(=O)N(Cc1ccc(C#N)cc1)Cc1ccc(OCC(=O)O)c(Cl)c1. The number of para-hydroxylation sites is 3. The van der Waals surface area contributed by atoms with Gasteiger partial charge in [-0.15, -0.1) is 0 Å². The number of aliphatic hydroxyl groups excluding tert-OH is 2. The molecule has 0 aliphatic rings. The summed E-state index contributed by atoms with van der Waals surface area (Å²) in [6, 6.07) is 78.3. The van der Waals surface area contributed by atoms with Gasteiger partial charge in [-0.05, 0) is 189 Å². The first-order valence-electron chi connectivity index (χ1n) is 40.9. The van der Waals surface area contributed by atoms with Crippen LogP contribution < -0.4 is 33.7 Å². The van der Waals surface area contributed by atoms with Gasteiger partial charge in [0.05, 0.1) is 87.0 Å². The molecule has 40 heteroatoms. The molecule has 0 aliphatic heterocycles. The number of sulfone groups is 1. The van der Waals surface area contributed by atoms with Crippen LogP contribution in [0, 0.1) is 34.0 Å². The zero-order chi connectivity index (χ0) is 101. The summed E-state index contributed by atoms with van der Waals surface area (Å²) in [5, 5.41) is 74.8. The number of nitrogens with zero attached hydrogens (tertiary/aromatic N) is 7. The van der Waals surface area contributed by atoms with Crippen molar-refractivity contribution in [2.45, 2.75) is 82.9 Å². The molecule has 12 rings (SSSR count). The molecule has 0 aromatic heterocycles. The van der Waals surface area contributed by atoms with Crippen LogP contribution in [0.2, 0.25) is 5.02 Å². The van der Waals surface area contributed by atoms with Gasteiger partial charge in [0, 0.05) is 80.9 Å². The molecular weight excluding hydrogens is 1960 g/mol. The second kappa shape index (κ2) is 50.0. The van der Waals surface area contributed by atoms with Gasteiger partial charge in [0.1, 0.15) is 60.2 Å². The van der Waals surface area contributed by atoms with Crippen molar-refractivity contribution in [3.8, 4) is 52.7 Å². The first kappa shape index (κ1) is 107. The van der Waals surface area contributed by atoms with Crippen molar-refractivity contribution in [1.82, 2.24) is 17.2 Å². The normalized spacial score (nSPS) is 11.6. The molecule has 1 atom stereocenters. The molecule has 0 radical (unpaired) electrons. The van der Waals surface area contributed by atoms with E-state index in [1.54, 1.807) is 206 Å². The predicted octanol–water partition coefficient (Wildman–Crippen LogP) is 14.4. The zero-order valence-electron chi connectivity index (χ0n) is 74.6. The number of nitrogens with one attached hydrogen (secondary N) is 1. The molecule has 6 N–H and O–H groups in total. The summed E-state index contributed by atoms with van der Waals surface area (Å²) in [5.41, 5.74) is 8.02. The van der Waals surface area contributed by atoms with E-state index in [9.17, 15) is 66.4 Å². The lowest BCUT2D eigenvalue weighted by atomic mass is 10.1. The quantitative estimate of drug-likeness (QED) is 0.0155. The standard InChI is InChI=1S/C25H21BrN2O5S.C25H29NO8S2.C24H21ClN2O6S.C24H21N3O6S/c1-33-23-4-2-3-5-24(23)34(31,32)28(16-19-8-6-18(15-27)7-9-19)17-20-10-11-21(22(26)14-20)12-13-25(29)30;1-33-21-10-13-24(34-2)25(14-21)36(31,32)26(15-18-4-8-20(9-5-18)23(28)17-27)16-19-6-11-22(12-7-19)35(3,29)30;1-32-22-4-2-3-5-23(22)34(30,31)27(14-18-8-6-17(13-26)7-9-18)15-19-10-11-21(20(25)12-19)33-16-24(28)29;1-33-21-4-2-3-5-22(21)34(31,32)27(15-18-8-6-17(14-25)7-9-18)16-19-10-12-20(13-11-19)26-23(28)24(29)30/h2-14H,16-17H2,1H3,(H,29,30);4-14,23,27-28H,15-17H2,1-3H3;2-12H,14-16H2,1H3,(H,28,29);2-13H,15-16H2,1H3,(H,26,28)(H,29,30)/b13-12+;;;. The maximum absolute atomic E-state index is 13.9. The number of halogens is 2. The van der Waals surface area contributed by atoms with E-state index in [0.717, 1.165) is 17.9 Å². The Morgan fingerprint density at radius 2 is 0.754 bits per heavy atom. The summed E-state index contributed by atoms with van der Waals surface area (Å²) in [7, 11) is -12.5. The second-order valence-electron chi connectivity index (χ2n) is 29.8. The van der Waals surface area contributed by atoms with Crippen LogP contribution in [-0.4, -0.2) is 164 Å². The highest BCUT2D eigenvalue weighted by molar-refractivity contribution is 9.10. The number of carboxylic acids is 3. The number of ether oxygens (including phenoxy) is 6. The molecule has 718 valence electrons. The highest BCUT2D eigenvalue weighted by Crippen LogP contribution is 2.37. The molecule has 1 unspecified atom stereocenters. The summed E-state index contributed by atoms with van der Waals surface area (Å²) in [5.74, 6) is -3.66. The van der Waals surface area contributed by atoms with Crippen LogP contribution in [0.15, 0.2) is 308 Å². The molecule has 0 spiro atoms. The summed E-state index contributed by atoms with van der Waals surface area (Å²) < 4.78 is 170. The Morgan fingerprint density at radius 3 is 1.09 bits per heavy atom. The van der Waals surface area contributed by atoms with Gasteiger partial charge in [0.2, 0.25) is 40.1 Å². The molecule has 0 bridgehead atoms. The number of aliphatic carboxylic acids is 3. The minimum Gasteiger partial charge on any atom is -0.497 e. The predicted molar refractivity (Wildman–Crippen MR) is 514 cm³/mol. The summed E-state index contributed by atoms with van der Waals surface area (Å²) in [4.78, 5) is 43.7. The second-order valence-corrected chi connectivity index (χ2v) is 40.7. The van der Waals surface area contributed by atoms with Crippen LogP contribution in [-0.2, 0) is 121 Å². The third kappa shape index (κ3) is 29.9. The number of benzene rings is 12. The Hall–Kier alpha value is -14.2. The van der Waals surface area contributed by atoms with Crippen LogP contribution in [0.25, 0.3) is 6.08 Å². The molecular formula is C98H92BrClN8O25S5. The smallest absolute Gasteiger partial charge is 0.394 e. The number of hydrogen-bond donors (Lipinski definition) is 6. The monoisotopic (exact) mass is 2050 g/mol. The Labute approximate surface area is 812 Å². The summed E-state index contributed by atoms with van der Waals surface area (Å²) >= 11 is 9.66. The maximum atomic E-state index is 13.9. The third-order valence-electron chi connectivity index (χ3n) is 20.3. The average molecular weight is 2060 g/mol. The van der Waals surface area contributed by atoms with E-state index in [4.69, 9.17) is 76.2 Å². The lowest BCUT2D eigenvalue weighted by molar-refractivity contribution is -0.147. The highest BCUT2D eigenvalue weighted by atomic mass is 79.9. The number of methoxy groups -OCH3 is 5. The molecule has 0 fully saturated rings. The lowest BCUT2D eigenvalue weighted by Crippen LogP contribution is -2.30. The van der Waals surface area contributed by atoms with Crippen LogP contribution in [0.5, 0.6) is 34.5 Å². The number of aliphatic hydroxyl groups is 2. The fraction of sp³-hybridized carbons (Fsp3) is 0.173. The van der Waals surface area contributed by atoms with Crippen LogP contribution in [0.1, 0.15) is 78.4 Å². The van der Waals surface area contributed by atoms with E-state index in [1.807, 2.05) is 12.1 Å². The minimum absolute atomic E-state index is 0.00641. The number of sulfonamides is 4. The average Bonchev–Trinajstić information content (AvgIpc) is 0.775. The first-order valence-corrected chi connectivity index (χ1v) is 49.8. The van der Waals surface area contributed by atoms with Gasteiger partial charge in [0.25, 0.3) is 0 Å². The molecule has 0 aliphatic carbocycles. The van der Waals surface area contributed by atoms with Crippen LogP contribution >= 0.6 is 27.5 Å². The van der Waals surface area contributed by atoms with Crippen molar-refractivity contribution in [2.75, 3.05) is 60.3 Å². The number of nitriles is 3. The van der Waals surface area contributed by atoms with Crippen molar-refractivity contribution in [3.05, 3.63) is 361 Å². The molecule has 1 amide bonds. The van der Waals surface area contributed by atoms with Gasteiger partial charge in [-0.2, -0.15) is 33.0 Å². The zero-order valence-corrected chi connectivity index (χ0v) is 81.0. The van der Waals surface area contributed by atoms with E-state index in [-0.39, 0.29) is 116 Å². The number of carbonyl (C=O) groups excluding carboxylic acids is 1. The van der Waals surface area contributed by atoms with Crippen molar-refractivity contribution in [1.29, 1.82) is 15.8 Å². The van der Waals surface area contributed by atoms with E-state index in [2.05, 4.69) is 27.3 Å². The van der Waals surface area contributed by atoms with E-state index in [1.165, 1.54) is 126 Å². The number of carboxylic acid groups (broad SMARTS) is 3. The van der Waals surface area contributed by atoms with Crippen LogP contribution in [0.4, 0.5) is 5.69 Å². The fourth-order valence-electron chi connectivity index (χ4n) is 13.2. The highest BCUT2D eigenvalue weighted by Gasteiger charge is 2.34. The van der Waals surface area contributed by atoms with Gasteiger partial charge in [-0.1, -0.05) is 167 Å². The van der Waals surface area contributed by atoms with Gasteiger partial charge < -0.3 is 59.3 Å². The Kier molecular flexibility index (Phi) is 39.0. The number of amides is 1. The molecule has 0 heterocycles. The number of carbonyl (C=O) groups is 4. The minimum atomic E-state index is -4.12. The number of anilines is 1. The van der Waals surface area contributed by atoms with Gasteiger partial charge in [-0.25, -0.2) is 56.5 Å². The molecule has 12 aromatic rings. The molecule has 12 aromatic carbocycles. The molecule has 0 saturated heterocycles. The van der Waals surface area contributed by atoms with Gasteiger partial charge in [0.15, 0.2) is 16.4 Å². The van der Waals surface area contributed by atoms with E-state index >= 15 is 0 Å².